The largest absolute Gasteiger partial charge is 0.384 e. The summed E-state index contributed by atoms with van der Waals surface area (Å²) in [5.74, 6) is 0.0379. The number of hydrogen-bond acceptors (Lipinski definition) is 4. The number of nitrogens with one attached hydrogen (secondary N) is 3. The molecule has 0 spiro atoms. The minimum atomic E-state index is 0.0159. The Morgan fingerprint density at radius 3 is 1.76 bits per heavy atom. The van der Waals surface area contributed by atoms with Crippen LogP contribution < -0.4 is 16.9 Å². The van der Waals surface area contributed by atoms with Gasteiger partial charge in [-0.3, -0.25) is 16.2 Å². The third kappa shape index (κ3) is 3.87. The van der Waals surface area contributed by atoms with E-state index in [0.29, 0.717) is 16.8 Å². The molecule has 0 aliphatic rings. The lowest BCUT2D eigenvalue weighted by Crippen LogP contribution is -2.10. The first-order chi connectivity index (χ1) is 10.1. The average molecular weight is 281 g/mol. The van der Waals surface area contributed by atoms with Gasteiger partial charge in [-0.15, -0.1) is 5.11 Å². The van der Waals surface area contributed by atoms with E-state index < -0.39 is 0 Å². The topological polar surface area (TPSA) is 136 Å². The molecule has 0 aromatic heterocycles. The fraction of sp³-hybridized carbons (Fsp3) is 0. The lowest BCUT2D eigenvalue weighted by atomic mass is 10.2. The van der Waals surface area contributed by atoms with Gasteiger partial charge in [-0.25, -0.2) is 0 Å². The molecule has 0 fully saturated rings. The van der Waals surface area contributed by atoms with Crippen molar-refractivity contribution >= 4 is 23.0 Å². The Hall–Kier alpha value is -3.22. The summed E-state index contributed by atoms with van der Waals surface area (Å²) in [5.41, 5.74) is 16.2. The minimum Gasteiger partial charge on any atom is -0.384 e. The van der Waals surface area contributed by atoms with Gasteiger partial charge in [0.15, 0.2) is 0 Å². The van der Waals surface area contributed by atoms with Crippen LogP contribution in [0.4, 0.5) is 11.4 Å². The van der Waals surface area contributed by atoms with Gasteiger partial charge in [0.25, 0.3) is 0 Å². The SMILES string of the molecule is N=C(N)c1ccc(N=NNc2ccc(C(=N)N)cc2)cc1. The van der Waals surface area contributed by atoms with Crippen molar-refractivity contribution in [3.63, 3.8) is 0 Å². The Kier molecular flexibility index (Phi) is 4.25. The molecule has 0 saturated heterocycles. The fourth-order valence-corrected chi connectivity index (χ4v) is 1.57. The van der Waals surface area contributed by atoms with Crippen molar-refractivity contribution in [3.05, 3.63) is 59.7 Å². The maximum Gasteiger partial charge on any atom is 0.122 e. The van der Waals surface area contributed by atoms with Crippen molar-refractivity contribution in [1.29, 1.82) is 10.8 Å². The highest BCUT2D eigenvalue weighted by molar-refractivity contribution is 5.95. The predicted octanol–water partition coefficient (Wildman–Crippen LogP) is 2.37. The Bertz CT molecular complexity index is 671. The van der Waals surface area contributed by atoms with Crippen LogP contribution in [-0.2, 0) is 0 Å². The molecule has 0 saturated carbocycles. The van der Waals surface area contributed by atoms with Crippen LogP contribution in [0.5, 0.6) is 0 Å². The van der Waals surface area contributed by atoms with E-state index in [4.69, 9.17) is 22.3 Å². The summed E-state index contributed by atoms with van der Waals surface area (Å²) in [6, 6.07) is 13.8. The van der Waals surface area contributed by atoms with Gasteiger partial charge in [0.05, 0.1) is 11.4 Å². The van der Waals surface area contributed by atoms with Gasteiger partial charge in [0.2, 0.25) is 0 Å². The average Bonchev–Trinajstić information content (AvgIpc) is 2.48. The van der Waals surface area contributed by atoms with Crippen LogP contribution in [0.3, 0.4) is 0 Å². The van der Waals surface area contributed by atoms with E-state index in [2.05, 4.69) is 15.8 Å². The molecule has 2 aromatic carbocycles. The van der Waals surface area contributed by atoms with Crippen LogP contribution in [0.1, 0.15) is 11.1 Å². The standard InChI is InChI=1S/C14H15N7/c15-13(16)9-1-5-11(6-2-9)19-21-20-12-7-3-10(4-8-12)14(17)18/h1-8H,(H3,15,16)(H3,17,18)(H,19,20). The highest BCUT2D eigenvalue weighted by Gasteiger charge is 1.97. The molecule has 0 aliphatic heterocycles. The smallest absolute Gasteiger partial charge is 0.122 e. The molecule has 0 atom stereocenters. The third-order valence-corrected chi connectivity index (χ3v) is 2.72. The molecule has 7 N–H and O–H groups in total. The molecule has 0 heterocycles. The molecule has 7 heteroatoms. The van der Waals surface area contributed by atoms with Crippen LogP contribution in [0.2, 0.25) is 0 Å². The first kappa shape index (κ1) is 14.2. The van der Waals surface area contributed by atoms with E-state index in [1.807, 2.05) is 0 Å². The molecule has 0 aliphatic carbocycles. The molecular weight excluding hydrogens is 266 g/mol. The summed E-state index contributed by atoms with van der Waals surface area (Å²) in [7, 11) is 0. The summed E-state index contributed by atoms with van der Waals surface area (Å²) in [4.78, 5) is 0. The van der Waals surface area contributed by atoms with Gasteiger partial charge in [-0.2, -0.15) is 0 Å². The van der Waals surface area contributed by atoms with Gasteiger partial charge in [0.1, 0.15) is 11.7 Å². The van der Waals surface area contributed by atoms with Crippen LogP contribution in [0, 0.1) is 10.8 Å². The van der Waals surface area contributed by atoms with Crippen molar-refractivity contribution in [3.8, 4) is 0 Å². The van der Waals surface area contributed by atoms with Crippen molar-refractivity contribution in [2.45, 2.75) is 0 Å². The van der Waals surface area contributed by atoms with E-state index in [0.717, 1.165) is 5.69 Å². The second-order valence-electron chi connectivity index (χ2n) is 4.26. The second-order valence-corrected chi connectivity index (χ2v) is 4.26. The van der Waals surface area contributed by atoms with Crippen molar-refractivity contribution in [1.82, 2.24) is 0 Å². The van der Waals surface area contributed by atoms with Crippen LogP contribution in [-0.4, -0.2) is 11.7 Å². The number of anilines is 1. The molecule has 2 aromatic rings. The normalized spacial score (nSPS) is 10.5. The first-order valence-electron chi connectivity index (χ1n) is 6.12. The summed E-state index contributed by atoms with van der Waals surface area (Å²) in [5, 5.41) is 22.4. The summed E-state index contributed by atoms with van der Waals surface area (Å²) >= 11 is 0. The van der Waals surface area contributed by atoms with Crippen molar-refractivity contribution < 1.29 is 0 Å². The summed E-state index contributed by atoms with van der Waals surface area (Å²) in [6.45, 7) is 0. The first-order valence-corrected chi connectivity index (χ1v) is 6.12. The number of nitrogens with two attached hydrogens (primary N) is 2. The van der Waals surface area contributed by atoms with E-state index >= 15 is 0 Å². The van der Waals surface area contributed by atoms with Crippen molar-refractivity contribution in [2.75, 3.05) is 5.43 Å². The molecule has 106 valence electrons. The Morgan fingerprint density at radius 1 is 0.810 bits per heavy atom. The predicted molar refractivity (Wildman–Crippen MR) is 83.1 cm³/mol. The maximum absolute atomic E-state index is 7.30. The molecule has 0 amide bonds. The van der Waals surface area contributed by atoms with Crippen LogP contribution >= 0.6 is 0 Å². The zero-order chi connectivity index (χ0) is 15.2. The number of benzene rings is 2. The number of nitrogen functional groups attached to an aromatic ring is 2. The highest BCUT2D eigenvalue weighted by Crippen LogP contribution is 2.14. The van der Waals surface area contributed by atoms with Gasteiger partial charge in [-0.05, 0) is 48.5 Å². The number of amidine groups is 2. The van der Waals surface area contributed by atoms with E-state index in [9.17, 15) is 0 Å². The Morgan fingerprint density at radius 2 is 1.29 bits per heavy atom. The van der Waals surface area contributed by atoms with Gasteiger partial charge in [-0.1, -0.05) is 5.22 Å². The fourth-order valence-electron chi connectivity index (χ4n) is 1.57. The van der Waals surface area contributed by atoms with E-state index in [1.165, 1.54) is 0 Å². The molecular formula is C14H15N7. The zero-order valence-electron chi connectivity index (χ0n) is 11.2. The molecule has 2 rings (SSSR count). The summed E-state index contributed by atoms with van der Waals surface area (Å²) in [6.07, 6.45) is 0. The molecule has 7 nitrogen and oxygen atoms in total. The molecule has 0 unspecified atom stereocenters. The third-order valence-electron chi connectivity index (χ3n) is 2.72. The van der Waals surface area contributed by atoms with E-state index in [1.54, 1.807) is 48.5 Å². The van der Waals surface area contributed by atoms with E-state index in [-0.39, 0.29) is 11.7 Å². The lowest BCUT2D eigenvalue weighted by molar-refractivity contribution is 1.13. The monoisotopic (exact) mass is 281 g/mol. The van der Waals surface area contributed by atoms with Gasteiger partial charge < -0.3 is 11.5 Å². The maximum atomic E-state index is 7.30. The lowest BCUT2D eigenvalue weighted by Gasteiger charge is -2.01. The molecule has 21 heavy (non-hydrogen) atoms. The molecule has 0 bridgehead atoms. The van der Waals surface area contributed by atoms with Gasteiger partial charge in [0, 0.05) is 11.1 Å². The Labute approximate surface area is 121 Å². The quantitative estimate of drug-likeness (QED) is 0.249. The van der Waals surface area contributed by atoms with Crippen molar-refractivity contribution in [2.24, 2.45) is 21.8 Å². The zero-order valence-corrected chi connectivity index (χ0v) is 11.2. The Balaban J connectivity index is 1.98. The number of rotatable bonds is 5. The minimum absolute atomic E-state index is 0.0159. The van der Waals surface area contributed by atoms with Crippen LogP contribution in [0.25, 0.3) is 0 Å². The molecule has 0 radical (unpaired) electrons. The van der Waals surface area contributed by atoms with Gasteiger partial charge >= 0.3 is 0 Å². The second kappa shape index (κ2) is 6.29. The number of hydrogen-bond donors (Lipinski definition) is 5. The van der Waals surface area contributed by atoms with Crippen LogP contribution in [0.15, 0.2) is 58.9 Å². The number of nitrogens with zero attached hydrogens (tertiary/aromatic N) is 2. The summed E-state index contributed by atoms with van der Waals surface area (Å²) < 4.78 is 0. The highest BCUT2D eigenvalue weighted by atomic mass is 15.4.